The number of rotatable bonds is 15. The first-order valence-corrected chi connectivity index (χ1v) is 13.9. The van der Waals surface area contributed by atoms with Crippen molar-refractivity contribution in [2.24, 2.45) is 0 Å². The average Bonchev–Trinajstić information content (AvgIpc) is 2.77. The molecule has 0 saturated carbocycles. The second-order valence-electron chi connectivity index (χ2n) is 12.0. The smallest absolute Gasteiger partial charge is 0.0707 e. The molecule has 2 saturated heterocycles. The summed E-state index contributed by atoms with van der Waals surface area (Å²) in [7, 11) is 0. The van der Waals surface area contributed by atoms with Crippen LogP contribution in [0.5, 0.6) is 0 Å². The summed E-state index contributed by atoms with van der Waals surface area (Å²) < 4.78 is 17.3. The molecule has 2 aliphatic rings. The van der Waals surface area contributed by atoms with Crippen LogP contribution in [0.2, 0.25) is 0 Å². The fourth-order valence-electron chi connectivity index (χ4n) is 4.56. The van der Waals surface area contributed by atoms with Crippen molar-refractivity contribution in [2.75, 3.05) is 105 Å². The summed E-state index contributed by atoms with van der Waals surface area (Å²) >= 11 is 0. The van der Waals surface area contributed by atoms with E-state index in [0.717, 1.165) is 32.6 Å². The summed E-state index contributed by atoms with van der Waals surface area (Å²) in [6.45, 7) is 30.3. The molecule has 0 radical (unpaired) electrons. The van der Waals surface area contributed by atoms with E-state index < -0.39 is 0 Å². The second kappa shape index (κ2) is 15.7. The molecule has 0 bridgehead atoms. The highest BCUT2D eigenvalue weighted by Gasteiger charge is 2.19. The third-order valence-corrected chi connectivity index (χ3v) is 6.56. The highest BCUT2D eigenvalue weighted by Crippen LogP contribution is 2.09. The largest absolute Gasteiger partial charge is 0.379 e. The van der Waals surface area contributed by atoms with Crippen LogP contribution in [0.15, 0.2) is 0 Å². The first-order chi connectivity index (χ1) is 16.1. The minimum atomic E-state index is -0.0697. The van der Waals surface area contributed by atoms with E-state index in [-0.39, 0.29) is 11.2 Å². The molecule has 2 heterocycles. The van der Waals surface area contributed by atoms with E-state index in [1.165, 1.54) is 78.4 Å². The van der Waals surface area contributed by atoms with Crippen molar-refractivity contribution >= 4 is 0 Å². The monoisotopic (exact) mass is 484 g/mol. The van der Waals surface area contributed by atoms with Gasteiger partial charge in [-0.1, -0.05) is 0 Å². The van der Waals surface area contributed by atoms with Crippen LogP contribution in [0.3, 0.4) is 0 Å². The molecule has 0 spiro atoms. The Kier molecular flexibility index (Phi) is 13.9. The van der Waals surface area contributed by atoms with E-state index >= 15 is 0 Å². The third-order valence-electron chi connectivity index (χ3n) is 6.56. The van der Waals surface area contributed by atoms with E-state index in [0.29, 0.717) is 13.2 Å². The van der Waals surface area contributed by atoms with Gasteiger partial charge in [0, 0.05) is 78.7 Å². The molecule has 202 valence electrons. The average molecular weight is 485 g/mol. The quantitative estimate of drug-likeness (QED) is 0.331. The van der Waals surface area contributed by atoms with Crippen molar-refractivity contribution < 1.29 is 14.2 Å². The highest BCUT2D eigenvalue weighted by atomic mass is 16.5. The lowest BCUT2D eigenvalue weighted by molar-refractivity contribution is -0.0358. The molecule has 7 nitrogen and oxygen atoms in total. The lowest BCUT2D eigenvalue weighted by Gasteiger charge is -2.37. The molecule has 0 unspecified atom stereocenters. The normalized spacial score (nSPS) is 20.3. The maximum absolute atomic E-state index is 5.85. The Morgan fingerprint density at radius 2 is 0.794 bits per heavy atom. The molecule has 0 aromatic heterocycles. The van der Waals surface area contributed by atoms with E-state index in [1.807, 2.05) is 0 Å². The van der Waals surface area contributed by atoms with E-state index in [9.17, 15) is 0 Å². The Bertz CT molecular complexity index is 505. The highest BCUT2D eigenvalue weighted by molar-refractivity contribution is 4.75. The van der Waals surface area contributed by atoms with Gasteiger partial charge in [0.25, 0.3) is 0 Å². The zero-order chi connectivity index (χ0) is 24.9. The number of hydrogen-bond acceptors (Lipinski definition) is 7. The summed E-state index contributed by atoms with van der Waals surface area (Å²) in [5, 5.41) is 0. The first-order valence-electron chi connectivity index (χ1n) is 13.9. The van der Waals surface area contributed by atoms with E-state index in [1.54, 1.807) is 0 Å². The number of hydrogen-bond donors (Lipinski definition) is 0. The van der Waals surface area contributed by atoms with Gasteiger partial charge in [0.1, 0.15) is 0 Å². The minimum Gasteiger partial charge on any atom is -0.379 e. The fourth-order valence-corrected chi connectivity index (χ4v) is 4.56. The zero-order valence-electron chi connectivity index (χ0n) is 23.4. The van der Waals surface area contributed by atoms with Crippen LogP contribution in [0.4, 0.5) is 0 Å². The molecule has 34 heavy (non-hydrogen) atoms. The number of ether oxygens (including phenoxy) is 3. The van der Waals surface area contributed by atoms with Gasteiger partial charge >= 0.3 is 0 Å². The summed E-state index contributed by atoms with van der Waals surface area (Å²) in [5.74, 6) is 0. The van der Waals surface area contributed by atoms with Gasteiger partial charge in [-0.2, -0.15) is 0 Å². The summed E-state index contributed by atoms with van der Waals surface area (Å²) in [6, 6.07) is 0. The zero-order valence-corrected chi connectivity index (χ0v) is 23.4. The second-order valence-corrected chi connectivity index (χ2v) is 12.0. The summed E-state index contributed by atoms with van der Waals surface area (Å²) in [4.78, 5) is 10.5. The van der Waals surface area contributed by atoms with Crippen LogP contribution >= 0.6 is 0 Å². The molecular formula is C27H56N4O3. The van der Waals surface area contributed by atoms with Crippen LogP contribution in [0.1, 0.15) is 60.8 Å². The first kappa shape index (κ1) is 29.9. The van der Waals surface area contributed by atoms with E-state index in [4.69, 9.17) is 14.2 Å². The maximum atomic E-state index is 5.85. The van der Waals surface area contributed by atoms with Gasteiger partial charge < -0.3 is 33.8 Å². The molecule has 0 atom stereocenters. The predicted octanol–water partition coefficient (Wildman–Crippen LogP) is 3.04. The van der Waals surface area contributed by atoms with Crippen LogP contribution in [0, 0.1) is 0 Å². The molecular weight excluding hydrogens is 428 g/mol. The molecule has 0 aliphatic carbocycles. The SMILES string of the molecule is CC(C)(C)OCCCN1CCN(CCCN2CCN(CCCOCCOC(C)(C)C)CC2)CC1. The van der Waals surface area contributed by atoms with Crippen molar-refractivity contribution in [2.45, 2.75) is 72.0 Å². The summed E-state index contributed by atoms with van der Waals surface area (Å²) in [6.07, 6.45) is 3.55. The van der Waals surface area contributed by atoms with Crippen molar-refractivity contribution in [3.05, 3.63) is 0 Å². The van der Waals surface area contributed by atoms with Crippen LogP contribution in [-0.2, 0) is 14.2 Å². The minimum absolute atomic E-state index is 0.0118. The van der Waals surface area contributed by atoms with E-state index in [2.05, 4.69) is 61.1 Å². The topological polar surface area (TPSA) is 40.7 Å². The van der Waals surface area contributed by atoms with Gasteiger partial charge in [-0.3, -0.25) is 0 Å². The number of piperazine rings is 2. The molecule has 2 rings (SSSR count). The maximum Gasteiger partial charge on any atom is 0.0707 e. The molecule has 0 aromatic rings. The molecule has 0 amide bonds. The van der Waals surface area contributed by atoms with Gasteiger partial charge in [0.05, 0.1) is 24.4 Å². The Balaban J connectivity index is 1.40. The van der Waals surface area contributed by atoms with Crippen molar-refractivity contribution in [3.63, 3.8) is 0 Å². The molecule has 2 aliphatic heterocycles. The van der Waals surface area contributed by atoms with Crippen LogP contribution < -0.4 is 0 Å². The van der Waals surface area contributed by atoms with Gasteiger partial charge in [0.15, 0.2) is 0 Å². The van der Waals surface area contributed by atoms with Gasteiger partial charge in [-0.15, -0.1) is 0 Å². The fraction of sp³-hybridized carbons (Fsp3) is 1.00. The lowest BCUT2D eigenvalue weighted by atomic mass is 10.2. The van der Waals surface area contributed by atoms with Crippen LogP contribution in [-0.4, -0.2) is 136 Å². The summed E-state index contributed by atoms with van der Waals surface area (Å²) in [5.41, 5.74) is -0.0815. The molecule has 2 fully saturated rings. The Labute approximate surface area is 211 Å². The molecule has 0 aromatic carbocycles. The van der Waals surface area contributed by atoms with Gasteiger partial charge in [0.2, 0.25) is 0 Å². The van der Waals surface area contributed by atoms with Gasteiger partial charge in [-0.05, 0) is 73.9 Å². The molecule has 7 heteroatoms. The lowest BCUT2D eigenvalue weighted by Crippen LogP contribution is -2.49. The predicted molar refractivity (Wildman–Crippen MR) is 142 cm³/mol. The Hall–Kier alpha value is -0.280. The van der Waals surface area contributed by atoms with Gasteiger partial charge in [-0.25, -0.2) is 0 Å². The Morgan fingerprint density at radius 3 is 1.21 bits per heavy atom. The third kappa shape index (κ3) is 15.0. The Morgan fingerprint density at radius 1 is 0.441 bits per heavy atom. The van der Waals surface area contributed by atoms with Crippen molar-refractivity contribution in [3.8, 4) is 0 Å². The molecule has 0 N–H and O–H groups in total. The van der Waals surface area contributed by atoms with Crippen molar-refractivity contribution in [1.29, 1.82) is 0 Å². The van der Waals surface area contributed by atoms with Crippen molar-refractivity contribution in [1.82, 2.24) is 19.6 Å². The standard InChI is InChI=1S/C27H56N4O3/c1-26(2,3)33-23-9-13-31-20-16-29(17-21-31)11-7-10-28-14-18-30(19-15-28)12-8-22-32-24-25-34-27(4,5)6/h7-25H2,1-6H3. The number of nitrogens with zero attached hydrogens (tertiary/aromatic N) is 4. The van der Waals surface area contributed by atoms with Crippen LogP contribution in [0.25, 0.3) is 0 Å².